The van der Waals surface area contributed by atoms with Gasteiger partial charge in [0, 0.05) is 19.2 Å². The zero-order chi connectivity index (χ0) is 18.1. The normalized spacial score (nSPS) is 11.3. The maximum Gasteiger partial charge on any atom is 0.409 e. The van der Waals surface area contributed by atoms with Gasteiger partial charge in [-0.15, -0.1) is 0 Å². The summed E-state index contributed by atoms with van der Waals surface area (Å²) in [7, 11) is 1.51. The van der Waals surface area contributed by atoms with E-state index in [1.54, 1.807) is 26.0 Å². The Hall–Kier alpha value is -2.57. The zero-order valence-electron chi connectivity index (χ0n) is 14.6. The molecule has 7 heteroatoms. The number of rotatable bonds is 7. The van der Waals surface area contributed by atoms with E-state index in [0.717, 1.165) is 5.56 Å². The van der Waals surface area contributed by atoms with Crippen LogP contribution < -0.4 is 10.6 Å². The number of nitrogens with one attached hydrogen (secondary N) is 2. The second kappa shape index (κ2) is 9.54. The number of carbonyl (C=O) groups excluding carboxylic acids is 3. The fourth-order valence-electron chi connectivity index (χ4n) is 1.99. The average Bonchev–Trinajstić information content (AvgIpc) is 2.55. The van der Waals surface area contributed by atoms with Crippen molar-refractivity contribution >= 4 is 23.6 Å². The monoisotopic (exact) mass is 335 g/mol. The van der Waals surface area contributed by atoms with Crippen LogP contribution in [0.15, 0.2) is 24.3 Å². The highest BCUT2D eigenvalue weighted by molar-refractivity contribution is 5.90. The van der Waals surface area contributed by atoms with Gasteiger partial charge in [-0.05, 0) is 31.5 Å². The molecule has 132 valence electrons. The van der Waals surface area contributed by atoms with Crippen molar-refractivity contribution in [1.82, 2.24) is 10.2 Å². The van der Waals surface area contributed by atoms with Crippen molar-refractivity contribution in [3.63, 3.8) is 0 Å². The van der Waals surface area contributed by atoms with E-state index in [9.17, 15) is 14.4 Å². The Morgan fingerprint density at radius 3 is 2.29 bits per heavy atom. The van der Waals surface area contributed by atoms with Gasteiger partial charge in [-0.2, -0.15) is 0 Å². The standard InChI is InChI=1S/C17H25N3O4/c1-5-15(21)19-14-9-7-13(8-10-14)12(3)18-16(22)11-20(4)17(23)24-6-2/h7-10,12H,5-6,11H2,1-4H3,(H,18,22)(H,19,21). The average molecular weight is 335 g/mol. The van der Waals surface area contributed by atoms with Gasteiger partial charge in [0.2, 0.25) is 11.8 Å². The third-order valence-electron chi connectivity index (χ3n) is 3.35. The lowest BCUT2D eigenvalue weighted by molar-refractivity contribution is -0.122. The van der Waals surface area contributed by atoms with E-state index < -0.39 is 6.09 Å². The predicted octanol–water partition coefficient (Wildman–Crippen LogP) is 2.30. The molecule has 0 aliphatic heterocycles. The molecule has 0 aliphatic carbocycles. The first kappa shape index (κ1) is 19.5. The molecule has 1 rings (SSSR count). The van der Waals surface area contributed by atoms with Gasteiger partial charge in [0.05, 0.1) is 12.6 Å². The lowest BCUT2D eigenvalue weighted by Gasteiger charge is -2.19. The fraction of sp³-hybridized carbons (Fsp3) is 0.471. The minimum atomic E-state index is -0.531. The van der Waals surface area contributed by atoms with Crippen LogP contribution >= 0.6 is 0 Å². The lowest BCUT2D eigenvalue weighted by atomic mass is 10.1. The third-order valence-corrected chi connectivity index (χ3v) is 3.35. The minimum absolute atomic E-state index is 0.0499. The number of hydrogen-bond donors (Lipinski definition) is 2. The smallest absolute Gasteiger partial charge is 0.409 e. The first-order chi connectivity index (χ1) is 11.4. The summed E-state index contributed by atoms with van der Waals surface area (Å²) in [6.45, 7) is 5.53. The number of amides is 3. The van der Waals surface area contributed by atoms with Crippen molar-refractivity contribution in [1.29, 1.82) is 0 Å². The van der Waals surface area contributed by atoms with Crippen molar-refractivity contribution in [2.75, 3.05) is 25.5 Å². The van der Waals surface area contributed by atoms with Crippen molar-refractivity contribution in [2.45, 2.75) is 33.2 Å². The molecule has 0 saturated carbocycles. The van der Waals surface area contributed by atoms with E-state index in [0.29, 0.717) is 12.1 Å². The summed E-state index contributed by atoms with van der Waals surface area (Å²) in [5.41, 5.74) is 1.61. The molecule has 24 heavy (non-hydrogen) atoms. The van der Waals surface area contributed by atoms with Crippen LogP contribution in [-0.4, -0.2) is 43.0 Å². The van der Waals surface area contributed by atoms with Crippen LogP contribution in [0.3, 0.4) is 0 Å². The number of ether oxygens (including phenoxy) is 1. The Bertz CT molecular complexity index is 572. The van der Waals surface area contributed by atoms with Gasteiger partial charge in [-0.1, -0.05) is 19.1 Å². The van der Waals surface area contributed by atoms with Crippen molar-refractivity contribution in [3.05, 3.63) is 29.8 Å². The Morgan fingerprint density at radius 1 is 1.12 bits per heavy atom. The van der Waals surface area contributed by atoms with Gasteiger partial charge in [0.25, 0.3) is 0 Å². The highest BCUT2D eigenvalue weighted by Gasteiger charge is 2.15. The first-order valence-corrected chi connectivity index (χ1v) is 7.94. The number of anilines is 1. The van der Waals surface area contributed by atoms with Crippen molar-refractivity contribution in [2.24, 2.45) is 0 Å². The van der Waals surface area contributed by atoms with Crippen LogP contribution in [-0.2, 0) is 14.3 Å². The third kappa shape index (κ3) is 6.28. The van der Waals surface area contributed by atoms with Crippen LogP contribution in [0.1, 0.15) is 38.8 Å². The second-order valence-electron chi connectivity index (χ2n) is 5.37. The van der Waals surface area contributed by atoms with Gasteiger partial charge in [-0.25, -0.2) is 4.79 Å². The molecule has 7 nitrogen and oxygen atoms in total. The Labute approximate surface area is 142 Å². The molecule has 0 bridgehead atoms. The van der Waals surface area contributed by atoms with Gasteiger partial charge < -0.3 is 20.3 Å². The van der Waals surface area contributed by atoms with Crippen LogP contribution in [0.2, 0.25) is 0 Å². The maximum absolute atomic E-state index is 12.0. The molecule has 3 amide bonds. The molecule has 1 aromatic carbocycles. The van der Waals surface area contributed by atoms with E-state index in [2.05, 4.69) is 10.6 Å². The summed E-state index contributed by atoms with van der Waals surface area (Å²) in [6.07, 6.45) is -0.112. The first-order valence-electron chi connectivity index (χ1n) is 7.94. The number of nitrogens with zero attached hydrogens (tertiary/aromatic N) is 1. The summed E-state index contributed by atoms with van der Waals surface area (Å²) < 4.78 is 4.82. The molecule has 0 saturated heterocycles. The highest BCUT2D eigenvalue weighted by Crippen LogP contribution is 2.16. The zero-order valence-corrected chi connectivity index (χ0v) is 14.6. The fourth-order valence-corrected chi connectivity index (χ4v) is 1.99. The summed E-state index contributed by atoms with van der Waals surface area (Å²) in [5.74, 6) is -0.326. The quantitative estimate of drug-likeness (QED) is 0.800. The molecule has 1 atom stereocenters. The van der Waals surface area contributed by atoms with Crippen LogP contribution in [0.5, 0.6) is 0 Å². The molecular weight excluding hydrogens is 310 g/mol. The second-order valence-corrected chi connectivity index (χ2v) is 5.37. The topological polar surface area (TPSA) is 87.7 Å². The van der Waals surface area contributed by atoms with Gasteiger partial charge in [0.1, 0.15) is 6.54 Å². The Balaban J connectivity index is 2.54. The summed E-state index contributed by atoms with van der Waals surface area (Å²) in [5, 5.41) is 5.58. The Kier molecular flexibility index (Phi) is 7.74. The molecule has 0 heterocycles. The molecule has 0 radical (unpaired) electrons. The maximum atomic E-state index is 12.0. The molecule has 1 unspecified atom stereocenters. The van der Waals surface area contributed by atoms with Crippen LogP contribution in [0.4, 0.5) is 10.5 Å². The number of benzene rings is 1. The summed E-state index contributed by atoms with van der Waals surface area (Å²) >= 11 is 0. The van der Waals surface area contributed by atoms with Crippen LogP contribution in [0, 0.1) is 0 Å². The lowest BCUT2D eigenvalue weighted by Crippen LogP contribution is -2.39. The molecule has 2 N–H and O–H groups in total. The van der Waals surface area contributed by atoms with Gasteiger partial charge >= 0.3 is 6.09 Å². The highest BCUT2D eigenvalue weighted by atomic mass is 16.6. The van der Waals surface area contributed by atoms with E-state index in [-0.39, 0.29) is 31.0 Å². The molecule has 0 spiro atoms. The number of likely N-dealkylation sites (N-methyl/N-ethyl adjacent to an activating group) is 1. The summed E-state index contributed by atoms with van der Waals surface area (Å²) in [6, 6.07) is 7.03. The largest absolute Gasteiger partial charge is 0.450 e. The van der Waals surface area contributed by atoms with E-state index in [1.165, 1.54) is 11.9 Å². The number of hydrogen-bond acceptors (Lipinski definition) is 4. The van der Waals surface area contributed by atoms with E-state index in [4.69, 9.17) is 4.74 Å². The van der Waals surface area contributed by atoms with Crippen LogP contribution in [0.25, 0.3) is 0 Å². The van der Waals surface area contributed by atoms with Crippen molar-refractivity contribution < 1.29 is 19.1 Å². The summed E-state index contributed by atoms with van der Waals surface area (Å²) in [4.78, 5) is 36.0. The van der Waals surface area contributed by atoms with Crippen molar-refractivity contribution in [3.8, 4) is 0 Å². The predicted molar refractivity (Wildman–Crippen MR) is 91.6 cm³/mol. The minimum Gasteiger partial charge on any atom is -0.450 e. The molecule has 0 aromatic heterocycles. The van der Waals surface area contributed by atoms with E-state index >= 15 is 0 Å². The van der Waals surface area contributed by atoms with Gasteiger partial charge in [0.15, 0.2) is 0 Å². The Morgan fingerprint density at radius 2 is 1.75 bits per heavy atom. The molecule has 0 fully saturated rings. The van der Waals surface area contributed by atoms with E-state index in [1.807, 2.05) is 19.1 Å². The molecule has 0 aliphatic rings. The van der Waals surface area contributed by atoms with Gasteiger partial charge in [-0.3, -0.25) is 9.59 Å². The number of carbonyl (C=O) groups is 3. The molecule has 1 aromatic rings. The molecular formula is C17H25N3O4. The SMILES string of the molecule is CCOC(=O)N(C)CC(=O)NC(C)c1ccc(NC(=O)CC)cc1.